The molecular formula is C15H29N3O. The van der Waals surface area contributed by atoms with Gasteiger partial charge >= 0.3 is 0 Å². The van der Waals surface area contributed by atoms with Gasteiger partial charge in [0.1, 0.15) is 0 Å². The lowest BCUT2D eigenvalue weighted by atomic mass is 9.60. The molecule has 0 bridgehead atoms. The molecule has 0 aromatic rings. The van der Waals surface area contributed by atoms with Gasteiger partial charge in [0.05, 0.1) is 6.10 Å². The number of ether oxygens (including phenoxy) is 1. The number of hydrogen-bond donors (Lipinski definition) is 2. The highest BCUT2D eigenvalue weighted by molar-refractivity contribution is 5.80. The Morgan fingerprint density at radius 2 is 2.05 bits per heavy atom. The van der Waals surface area contributed by atoms with Gasteiger partial charge < -0.3 is 15.4 Å². The number of rotatable bonds is 4. The lowest BCUT2D eigenvalue weighted by Crippen LogP contribution is -2.65. The van der Waals surface area contributed by atoms with Crippen molar-refractivity contribution >= 4 is 5.96 Å². The Labute approximate surface area is 117 Å². The van der Waals surface area contributed by atoms with Gasteiger partial charge in [-0.15, -0.1) is 0 Å². The molecule has 4 heteroatoms. The molecule has 2 rings (SSSR count). The molecule has 19 heavy (non-hydrogen) atoms. The molecule has 0 aromatic carbocycles. The van der Waals surface area contributed by atoms with Gasteiger partial charge in [0.2, 0.25) is 0 Å². The Morgan fingerprint density at radius 3 is 2.58 bits per heavy atom. The summed E-state index contributed by atoms with van der Waals surface area (Å²) in [5.41, 5.74) is 0.366. The quantitative estimate of drug-likeness (QED) is 0.607. The molecule has 2 atom stereocenters. The van der Waals surface area contributed by atoms with Crippen LogP contribution < -0.4 is 10.6 Å². The standard InChI is InChI=1S/C15H29N3O/c1-5-19-13-10-12(15(13)8-6-7-9-15)18-14(16-4)17-11(2)3/h11-13H,5-10H2,1-4H3,(H2,16,17,18). The topological polar surface area (TPSA) is 45.6 Å². The van der Waals surface area contributed by atoms with Crippen LogP contribution in [0.25, 0.3) is 0 Å². The van der Waals surface area contributed by atoms with Gasteiger partial charge in [0.15, 0.2) is 5.96 Å². The average molecular weight is 267 g/mol. The molecule has 0 heterocycles. The van der Waals surface area contributed by atoms with Crippen molar-refractivity contribution in [3.63, 3.8) is 0 Å². The molecule has 2 aliphatic rings. The smallest absolute Gasteiger partial charge is 0.191 e. The summed E-state index contributed by atoms with van der Waals surface area (Å²) in [5, 5.41) is 6.99. The van der Waals surface area contributed by atoms with Crippen molar-refractivity contribution in [2.45, 2.75) is 71.1 Å². The van der Waals surface area contributed by atoms with Crippen LogP contribution in [0.2, 0.25) is 0 Å². The summed E-state index contributed by atoms with van der Waals surface area (Å²) >= 11 is 0. The maximum Gasteiger partial charge on any atom is 0.191 e. The minimum atomic E-state index is 0.366. The summed E-state index contributed by atoms with van der Waals surface area (Å²) in [6.07, 6.45) is 6.86. The molecule has 2 fully saturated rings. The maximum atomic E-state index is 5.94. The number of nitrogens with one attached hydrogen (secondary N) is 2. The second-order valence-corrected chi connectivity index (χ2v) is 6.19. The normalized spacial score (nSPS) is 29.6. The van der Waals surface area contributed by atoms with E-state index in [2.05, 4.69) is 36.4 Å². The summed E-state index contributed by atoms with van der Waals surface area (Å²) < 4.78 is 5.94. The van der Waals surface area contributed by atoms with Crippen LogP contribution in [0, 0.1) is 5.41 Å². The summed E-state index contributed by atoms with van der Waals surface area (Å²) in [6, 6.07) is 0.935. The highest BCUT2D eigenvalue weighted by Gasteiger charge is 2.56. The lowest BCUT2D eigenvalue weighted by molar-refractivity contribution is -0.125. The van der Waals surface area contributed by atoms with E-state index in [1.807, 2.05) is 7.05 Å². The molecule has 1 spiro atoms. The predicted molar refractivity (Wildman–Crippen MR) is 79.5 cm³/mol. The zero-order valence-corrected chi connectivity index (χ0v) is 12.8. The van der Waals surface area contributed by atoms with Crippen LogP contribution in [0.1, 0.15) is 52.9 Å². The molecule has 2 unspecified atom stereocenters. The lowest BCUT2D eigenvalue weighted by Gasteiger charge is -2.54. The van der Waals surface area contributed by atoms with Gasteiger partial charge in [0.25, 0.3) is 0 Å². The summed E-state index contributed by atoms with van der Waals surface area (Å²) in [4.78, 5) is 4.33. The Morgan fingerprint density at radius 1 is 1.37 bits per heavy atom. The number of guanidine groups is 1. The largest absolute Gasteiger partial charge is 0.378 e. The van der Waals surface area contributed by atoms with Crippen LogP contribution in [0.15, 0.2) is 4.99 Å². The fourth-order valence-corrected chi connectivity index (χ4v) is 3.70. The minimum Gasteiger partial charge on any atom is -0.378 e. The highest BCUT2D eigenvalue weighted by atomic mass is 16.5. The van der Waals surface area contributed by atoms with Crippen LogP contribution in [0.4, 0.5) is 0 Å². The second-order valence-electron chi connectivity index (χ2n) is 6.19. The van der Waals surface area contributed by atoms with E-state index in [0.29, 0.717) is 23.6 Å². The Bertz CT molecular complexity index is 321. The van der Waals surface area contributed by atoms with Crippen LogP contribution in [0.3, 0.4) is 0 Å². The van der Waals surface area contributed by atoms with Crippen molar-refractivity contribution < 1.29 is 4.74 Å². The fourth-order valence-electron chi connectivity index (χ4n) is 3.70. The van der Waals surface area contributed by atoms with Crippen molar-refractivity contribution in [2.24, 2.45) is 10.4 Å². The Kier molecular flexibility index (Phi) is 4.71. The SMILES string of the molecule is CCOC1CC(NC(=NC)NC(C)C)C12CCCC2. The molecule has 2 saturated carbocycles. The maximum absolute atomic E-state index is 5.94. The number of nitrogens with zero attached hydrogens (tertiary/aromatic N) is 1. The monoisotopic (exact) mass is 267 g/mol. The summed E-state index contributed by atoms with van der Waals surface area (Å²) in [5.74, 6) is 0.932. The van der Waals surface area contributed by atoms with Crippen LogP contribution in [-0.4, -0.2) is 37.8 Å². The van der Waals surface area contributed by atoms with E-state index in [9.17, 15) is 0 Å². The van der Waals surface area contributed by atoms with Gasteiger partial charge in [0, 0.05) is 31.2 Å². The predicted octanol–water partition coefficient (Wildman–Crippen LogP) is 2.30. The van der Waals surface area contributed by atoms with Crippen molar-refractivity contribution in [1.82, 2.24) is 10.6 Å². The van der Waals surface area contributed by atoms with Crippen LogP contribution >= 0.6 is 0 Å². The van der Waals surface area contributed by atoms with Gasteiger partial charge in [-0.05, 0) is 40.0 Å². The molecule has 0 aliphatic heterocycles. The van der Waals surface area contributed by atoms with Crippen molar-refractivity contribution in [2.75, 3.05) is 13.7 Å². The molecule has 0 radical (unpaired) electrons. The first kappa shape index (κ1) is 14.6. The average Bonchev–Trinajstić information content (AvgIpc) is 2.88. The van der Waals surface area contributed by atoms with Gasteiger partial charge in [-0.1, -0.05) is 12.8 Å². The summed E-state index contributed by atoms with van der Waals surface area (Å²) in [6.45, 7) is 7.21. The third kappa shape index (κ3) is 2.88. The van der Waals surface area contributed by atoms with E-state index in [1.165, 1.54) is 25.7 Å². The molecule has 110 valence electrons. The molecular weight excluding hydrogens is 238 g/mol. The molecule has 0 saturated heterocycles. The Hall–Kier alpha value is -0.770. The van der Waals surface area contributed by atoms with Crippen molar-refractivity contribution in [3.05, 3.63) is 0 Å². The fraction of sp³-hybridized carbons (Fsp3) is 0.933. The Balaban J connectivity index is 1.97. The van der Waals surface area contributed by atoms with Gasteiger partial charge in [-0.25, -0.2) is 0 Å². The molecule has 0 aromatic heterocycles. The van der Waals surface area contributed by atoms with Crippen LogP contribution in [0.5, 0.6) is 0 Å². The second kappa shape index (κ2) is 6.12. The zero-order valence-electron chi connectivity index (χ0n) is 12.8. The molecule has 2 aliphatic carbocycles. The minimum absolute atomic E-state index is 0.366. The van der Waals surface area contributed by atoms with E-state index in [0.717, 1.165) is 19.0 Å². The highest BCUT2D eigenvalue weighted by Crippen LogP contribution is 2.54. The first-order valence-electron chi connectivity index (χ1n) is 7.74. The zero-order chi connectivity index (χ0) is 13.9. The van der Waals surface area contributed by atoms with E-state index < -0.39 is 0 Å². The molecule has 4 nitrogen and oxygen atoms in total. The number of hydrogen-bond acceptors (Lipinski definition) is 2. The third-order valence-corrected chi connectivity index (χ3v) is 4.65. The number of aliphatic imine (C=N–C) groups is 1. The van der Waals surface area contributed by atoms with E-state index in [-0.39, 0.29) is 0 Å². The van der Waals surface area contributed by atoms with Gasteiger partial charge in [-0.3, -0.25) is 4.99 Å². The first-order valence-corrected chi connectivity index (χ1v) is 7.74. The third-order valence-electron chi connectivity index (χ3n) is 4.65. The van der Waals surface area contributed by atoms with Crippen molar-refractivity contribution in [3.8, 4) is 0 Å². The molecule has 0 amide bonds. The van der Waals surface area contributed by atoms with E-state index in [4.69, 9.17) is 4.74 Å². The van der Waals surface area contributed by atoms with E-state index in [1.54, 1.807) is 0 Å². The van der Waals surface area contributed by atoms with E-state index >= 15 is 0 Å². The molecule has 2 N–H and O–H groups in total. The van der Waals surface area contributed by atoms with Crippen LogP contribution in [-0.2, 0) is 4.74 Å². The first-order chi connectivity index (χ1) is 9.12. The van der Waals surface area contributed by atoms with Crippen molar-refractivity contribution in [1.29, 1.82) is 0 Å². The summed E-state index contributed by atoms with van der Waals surface area (Å²) in [7, 11) is 1.84. The van der Waals surface area contributed by atoms with Gasteiger partial charge in [-0.2, -0.15) is 0 Å².